The third-order valence-electron chi connectivity index (χ3n) is 6.77. The summed E-state index contributed by atoms with van der Waals surface area (Å²) in [6.45, 7) is 2.14. The summed E-state index contributed by atoms with van der Waals surface area (Å²) in [7, 11) is 0. The first kappa shape index (κ1) is 28.4. The molecule has 0 bridgehead atoms. The van der Waals surface area contributed by atoms with Crippen LogP contribution in [0.5, 0.6) is 0 Å². The van der Waals surface area contributed by atoms with Gasteiger partial charge in [-0.05, 0) is 49.4 Å². The third kappa shape index (κ3) is 8.18. The van der Waals surface area contributed by atoms with Gasteiger partial charge in [0.1, 0.15) is 18.7 Å². The lowest BCUT2D eigenvalue weighted by Crippen LogP contribution is -2.53. The van der Waals surface area contributed by atoms with Gasteiger partial charge < -0.3 is 14.7 Å². The summed E-state index contributed by atoms with van der Waals surface area (Å²) >= 11 is 1.58. The standard InChI is InChI=1S/C31H34N2O5S/c1-22(29(34)33-20-26(19-28(33)30(35)36)39-25-15-9-4-10-16-25)32-27(18-17-23-11-5-2-6-12-23)31(37)38-21-24-13-7-3-8-14-24/h2-16,22,26-28,32H,17-21H2,1H3,(H,35,36)/t22-,26-,27-,28-/m0/s1. The van der Waals surface area contributed by atoms with Gasteiger partial charge >= 0.3 is 11.9 Å². The number of hydrogen-bond acceptors (Lipinski definition) is 6. The number of carbonyl (C=O) groups is 3. The largest absolute Gasteiger partial charge is 0.480 e. The van der Waals surface area contributed by atoms with E-state index in [1.54, 1.807) is 18.7 Å². The summed E-state index contributed by atoms with van der Waals surface area (Å²) in [6.07, 6.45) is 1.42. The van der Waals surface area contributed by atoms with Gasteiger partial charge in [-0.3, -0.25) is 14.9 Å². The molecule has 1 amide bonds. The number of carboxylic acids is 1. The minimum atomic E-state index is -1.02. The van der Waals surface area contributed by atoms with E-state index in [1.165, 1.54) is 4.90 Å². The Hall–Kier alpha value is -3.62. The monoisotopic (exact) mass is 546 g/mol. The minimum Gasteiger partial charge on any atom is -0.480 e. The molecule has 1 aliphatic rings. The van der Waals surface area contributed by atoms with E-state index < -0.39 is 30.1 Å². The molecular formula is C31H34N2O5S. The highest BCUT2D eigenvalue weighted by Gasteiger charge is 2.41. The number of ether oxygens (including phenoxy) is 1. The number of carboxylic acid groups (broad SMARTS) is 1. The van der Waals surface area contributed by atoms with E-state index in [0.717, 1.165) is 16.0 Å². The molecule has 4 atom stereocenters. The summed E-state index contributed by atoms with van der Waals surface area (Å²) in [4.78, 5) is 41.2. The lowest BCUT2D eigenvalue weighted by Gasteiger charge is -2.28. The first-order chi connectivity index (χ1) is 18.9. The number of hydrogen-bond donors (Lipinski definition) is 2. The number of nitrogens with zero attached hydrogens (tertiary/aromatic N) is 1. The molecule has 2 N–H and O–H groups in total. The Morgan fingerprint density at radius 2 is 1.54 bits per heavy atom. The van der Waals surface area contributed by atoms with Gasteiger partial charge in [-0.1, -0.05) is 78.9 Å². The Morgan fingerprint density at radius 3 is 2.15 bits per heavy atom. The molecule has 0 radical (unpaired) electrons. The maximum Gasteiger partial charge on any atom is 0.326 e. The molecule has 0 aliphatic carbocycles. The number of thioether (sulfide) groups is 1. The first-order valence-electron chi connectivity index (χ1n) is 13.2. The summed E-state index contributed by atoms with van der Waals surface area (Å²) in [6, 6.07) is 26.6. The predicted molar refractivity (Wildman–Crippen MR) is 151 cm³/mol. The number of likely N-dealkylation sites (tertiary alicyclic amines) is 1. The number of aryl methyl sites for hydroxylation is 1. The predicted octanol–water partition coefficient (Wildman–Crippen LogP) is 4.56. The molecule has 204 valence electrons. The van der Waals surface area contributed by atoms with Gasteiger partial charge in [0.15, 0.2) is 0 Å². The van der Waals surface area contributed by atoms with E-state index in [9.17, 15) is 19.5 Å². The van der Waals surface area contributed by atoms with Gasteiger partial charge in [0.05, 0.1) is 6.04 Å². The summed E-state index contributed by atoms with van der Waals surface area (Å²) in [5, 5.41) is 13.0. The van der Waals surface area contributed by atoms with Gasteiger partial charge in [-0.15, -0.1) is 11.8 Å². The van der Waals surface area contributed by atoms with Crippen molar-refractivity contribution in [2.45, 2.75) is 61.1 Å². The summed E-state index contributed by atoms with van der Waals surface area (Å²) in [5.41, 5.74) is 1.95. The van der Waals surface area contributed by atoms with E-state index in [1.807, 2.05) is 91.0 Å². The molecular weight excluding hydrogens is 512 g/mol. The molecule has 0 unspecified atom stereocenters. The molecule has 4 rings (SSSR count). The van der Waals surface area contributed by atoms with Crippen molar-refractivity contribution in [2.24, 2.45) is 0 Å². The van der Waals surface area contributed by atoms with Gasteiger partial charge in [-0.25, -0.2) is 4.79 Å². The van der Waals surface area contributed by atoms with Crippen LogP contribution in [0.3, 0.4) is 0 Å². The van der Waals surface area contributed by atoms with Gasteiger partial charge in [-0.2, -0.15) is 0 Å². The van der Waals surface area contributed by atoms with Crippen LogP contribution in [0.4, 0.5) is 0 Å². The lowest BCUT2D eigenvalue weighted by molar-refractivity contribution is -0.151. The van der Waals surface area contributed by atoms with Crippen LogP contribution in [-0.4, -0.2) is 57.8 Å². The van der Waals surface area contributed by atoms with Crippen molar-refractivity contribution < 1.29 is 24.2 Å². The normalized spacial score (nSPS) is 18.3. The van der Waals surface area contributed by atoms with Crippen molar-refractivity contribution in [2.75, 3.05) is 6.54 Å². The van der Waals surface area contributed by atoms with Gasteiger partial charge in [0.25, 0.3) is 0 Å². The highest BCUT2D eigenvalue weighted by Crippen LogP contribution is 2.33. The van der Waals surface area contributed by atoms with E-state index >= 15 is 0 Å². The van der Waals surface area contributed by atoms with Crippen molar-refractivity contribution in [3.05, 3.63) is 102 Å². The molecule has 3 aromatic rings. The van der Waals surface area contributed by atoms with E-state index in [2.05, 4.69) is 5.32 Å². The van der Waals surface area contributed by atoms with Gasteiger partial charge in [0.2, 0.25) is 5.91 Å². The average Bonchev–Trinajstić information content (AvgIpc) is 3.39. The fraction of sp³-hybridized carbons (Fsp3) is 0.323. The van der Waals surface area contributed by atoms with Gasteiger partial charge in [0, 0.05) is 16.7 Å². The highest BCUT2D eigenvalue weighted by atomic mass is 32.2. The van der Waals surface area contributed by atoms with Crippen molar-refractivity contribution in [1.29, 1.82) is 0 Å². The smallest absolute Gasteiger partial charge is 0.326 e. The van der Waals surface area contributed by atoms with Crippen LogP contribution in [0.2, 0.25) is 0 Å². The van der Waals surface area contributed by atoms with E-state index in [4.69, 9.17) is 4.74 Å². The van der Waals surface area contributed by atoms with E-state index in [-0.39, 0.29) is 17.8 Å². The maximum absolute atomic E-state index is 13.5. The van der Waals surface area contributed by atoms with Crippen molar-refractivity contribution in [1.82, 2.24) is 10.2 Å². The van der Waals surface area contributed by atoms with Crippen LogP contribution in [0.25, 0.3) is 0 Å². The molecule has 1 saturated heterocycles. The topological polar surface area (TPSA) is 95.9 Å². The molecule has 39 heavy (non-hydrogen) atoms. The van der Waals surface area contributed by atoms with Crippen LogP contribution in [-0.2, 0) is 32.1 Å². The second kappa shape index (κ2) is 14.0. The average molecular weight is 547 g/mol. The number of amides is 1. The zero-order valence-electron chi connectivity index (χ0n) is 21.9. The molecule has 1 fully saturated rings. The van der Waals surface area contributed by atoms with Crippen LogP contribution in [0.15, 0.2) is 95.9 Å². The number of carbonyl (C=O) groups excluding carboxylic acids is 2. The molecule has 8 heteroatoms. The SMILES string of the molecule is C[C@H](N[C@@H](CCc1ccccc1)C(=O)OCc1ccccc1)C(=O)N1C[C@@H](Sc2ccccc2)C[C@H]1C(=O)O. The second-order valence-electron chi connectivity index (χ2n) is 9.69. The molecule has 1 aliphatic heterocycles. The number of aliphatic carboxylic acids is 1. The third-order valence-corrected chi connectivity index (χ3v) is 7.99. The summed E-state index contributed by atoms with van der Waals surface area (Å²) in [5.74, 6) is -1.79. The number of nitrogens with one attached hydrogen (secondary N) is 1. The van der Waals surface area contributed by atoms with Crippen molar-refractivity contribution in [3.8, 4) is 0 Å². The maximum atomic E-state index is 13.5. The van der Waals surface area contributed by atoms with Crippen LogP contribution in [0, 0.1) is 0 Å². The Morgan fingerprint density at radius 1 is 0.949 bits per heavy atom. The summed E-state index contributed by atoms with van der Waals surface area (Å²) < 4.78 is 5.60. The quantitative estimate of drug-likeness (QED) is 0.322. The highest BCUT2D eigenvalue weighted by molar-refractivity contribution is 8.00. The van der Waals surface area contributed by atoms with Crippen LogP contribution >= 0.6 is 11.8 Å². The fourth-order valence-corrected chi connectivity index (χ4v) is 5.94. The Labute approximate surface area is 233 Å². The molecule has 0 spiro atoms. The Kier molecular flexibility index (Phi) is 10.2. The number of benzene rings is 3. The zero-order valence-corrected chi connectivity index (χ0v) is 22.8. The molecule has 7 nitrogen and oxygen atoms in total. The number of rotatable bonds is 12. The van der Waals surface area contributed by atoms with Crippen LogP contribution < -0.4 is 5.32 Å². The lowest BCUT2D eigenvalue weighted by atomic mass is 10.0. The first-order valence-corrected chi connectivity index (χ1v) is 14.0. The molecule has 0 saturated carbocycles. The number of esters is 1. The molecule has 1 heterocycles. The Balaban J connectivity index is 1.42. The fourth-order valence-electron chi connectivity index (χ4n) is 4.73. The molecule has 0 aromatic heterocycles. The minimum absolute atomic E-state index is 0.0330. The van der Waals surface area contributed by atoms with E-state index in [0.29, 0.717) is 25.8 Å². The second-order valence-corrected chi connectivity index (χ2v) is 11.1. The van der Waals surface area contributed by atoms with Crippen molar-refractivity contribution >= 4 is 29.6 Å². The Bertz CT molecular complexity index is 1230. The zero-order chi connectivity index (χ0) is 27.6. The molecule has 3 aromatic carbocycles. The van der Waals surface area contributed by atoms with Crippen molar-refractivity contribution in [3.63, 3.8) is 0 Å². The van der Waals surface area contributed by atoms with Crippen LogP contribution in [0.1, 0.15) is 30.9 Å².